The first kappa shape index (κ1) is 12.2. The third-order valence-electron chi connectivity index (χ3n) is 3.04. The van der Waals surface area contributed by atoms with E-state index in [1.165, 1.54) is 12.3 Å². The summed E-state index contributed by atoms with van der Waals surface area (Å²) in [6.45, 7) is 2.37. The van der Waals surface area contributed by atoms with E-state index in [-0.39, 0.29) is 5.54 Å². The van der Waals surface area contributed by atoms with Gasteiger partial charge in [0.15, 0.2) is 12.7 Å². The first-order chi connectivity index (χ1) is 8.68. The van der Waals surface area contributed by atoms with Crippen LogP contribution >= 0.6 is 0 Å². The normalized spacial score (nSPS) is 25.5. The minimum absolute atomic E-state index is 0.312. The number of rotatable bonds is 4. The highest BCUT2D eigenvalue weighted by Gasteiger charge is 2.41. The Hall–Kier alpha value is -2.26. The highest BCUT2D eigenvalue weighted by atomic mass is 16.5. The topological polar surface area (TPSA) is 74.7 Å². The van der Waals surface area contributed by atoms with Crippen LogP contribution in [0, 0.1) is 5.41 Å². The Kier molecular flexibility index (Phi) is 3.35. The van der Waals surface area contributed by atoms with Crippen LogP contribution in [0.1, 0.15) is 13.3 Å². The van der Waals surface area contributed by atoms with Crippen molar-refractivity contribution in [3.8, 4) is 0 Å². The van der Waals surface area contributed by atoms with Crippen LogP contribution < -0.4 is 5.73 Å². The van der Waals surface area contributed by atoms with Crippen LogP contribution in [0.3, 0.4) is 0 Å². The molecule has 94 valence electrons. The summed E-state index contributed by atoms with van der Waals surface area (Å²) in [5.41, 5.74) is 6.57. The van der Waals surface area contributed by atoms with Crippen molar-refractivity contribution in [2.45, 2.75) is 18.9 Å². The van der Waals surface area contributed by atoms with Crippen molar-refractivity contribution in [2.75, 3.05) is 6.73 Å². The smallest absolute Gasteiger partial charge is 0.199 e. The van der Waals surface area contributed by atoms with Crippen LogP contribution in [0.5, 0.6) is 0 Å². The van der Waals surface area contributed by atoms with Gasteiger partial charge in [0.1, 0.15) is 5.54 Å². The monoisotopic (exact) mass is 244 g/mol. The molecule has 5 heteroatoms. The van der Waals surface area contributed by atoms with Gasteiger partial charge in [-0.2, -0.15) is 0 Å². The Morgan fingerprint density at radius 2 is 2.56 bits per heavy atom. The fraction of sp³-hybridized carbons (Fsp3) is 0.308. The molecule has 0 aromatic carbocycles. The zero-order valence-corrected chi connectivity index (χ0v) is 10.3. The van der Waals surface area contributed by atoms with E-state index in [9.17, 15) is 0 Å². The molecule has 0 aromatic heterocycles. The van der Waals surface area contributed by atoms with E-state index in [0.717, 1.165) is 12.1 Å². The van der Waals surface area contributed by atoms with Crippen LogP contribution in [0.4, 0.5) is 0 Å². The summed E-state index contributed by atoms with van der Waals surface area (Å²) in [6.07, 6.45) is 11.7. The van der Waals surface area contributed by atoms with Crippen LogP contribution in [-0.2, 0) is 4.74 Å². The number of nitrogens with zero attached hydrogens (tertiary/aromatic N) is 2. The van der Waals surface area contributed by atoms with Gasteiger partial charge in [-0.15, -0.1) is 0 Å². The molecule has 0 radical (unpaired) electrons. The molecular weight excluding hydrogens is 228 g/mol. The van der Waals surface area contributed by atoms with Gasteiger partial charge in [-0.3, -0.25) is 10.3 Å². The van der Waals surface area contributed by atoms with E-state index in [2.05, 4.69) is 36.0 Å². The molecule has 0 fully saturated rings. The molecule has 0 bridgehead atoms. The molecule has 0 aromatic rings. The number of nitrogens with two attached hydrogens (primary N) is 1. The second-order valence-corrected chi connectivity index (χ2v) is 4.21. The summed E-state index contributed by atoms with van der Waals surface area (Å²) in [6, 6.07) is 0. The van der Waals surface area contributed by atoms with Gasteiger partial charge in [-0.1, -0.05) is 18.2 Å². The summed E-state index contributed by atoms with van der Waals surface area (Å²) in [5.74, 6) is 2.60. The van der Waals surface area contributed by atoms with Gasteiger partial charge in [0, 0.05) is 6.08 Å². The van der Waals surface area contributed by atoms with Crippen molar-refractivity contribution in [3.05, 3.63) is 42.3 Å². The fourth-order valence-corrected chi connectivity index (χ4v) is 2.04. The molecule has 0 spiro atoms. The Morgan fingerprint density at radius 1 is 1.72 bits per heavy atom. The van der Waals surface area contributed by atoms with Crippen molar-refractivity contribution in [3.63, 3.8) is 0 Å². The second-order valence-electron chi connectivity index (χ2n) is 4.21. The predicted molar refractivity (Wildman–Crippen MR) is 71.1 cm³/mol. The maximum Gasteiger partial charge on any atom is 0.199 e. The van der Waals surface area contributed by atoms with E-state index >= 15 is 0 Å². The van der Waals surface area contributed by atoms with Crippen molar-refractivity contribution >= 4 is 11.8 Å². The summed E-state index contributed by atoms with van der Waals surface area (Å²) < 4.78 is 5.37. The van der Waals surface area contributed by atoms with Crippen molar-refractivity contribution < 1.29 is 4.74 Å². The quantitative estimate of drug-likeness (QED) is 0.341. The van der Waals surface area contributed by atoms with E-state index < -0.39 is 0 Å². The minimum Gasteiger partial charge on any atom is -0.481 e. The van der Waals surface area contributed by atoms with Gasteiger partial charge in [-0.25, -0.2) is 4.99 Å². The Bertz CT molecular complexity index is 497. The van der Waals surface area contributed by atoms with Gasteiger partial charge in [0.25, 0.3) is 0 Å². The van der Waals surface area contributed by atoms with Crippen molar-refractivity contribution in [1.82, 2.24) is 4.90 Å². The molecular formula is C13H16N4O. The Morgan fingerprint density at radius 3 is 3.33 bits per heavy atom. The highest BCUT2D eigenvalue weighted by molar-refractivity contribution is 5.84. The zero-order chi connectivity index (χ0) is 13.0. The fourth-order valence-electron chi connectivity index (χ4n) is 2.04. The summed E-state index contributed by atoms with van der Waals surface area (Å²) in [4.78, 5) is 6.25. The summed E-state index contributed by atoms with van der Waals surface area (Å²) in [7, 11) is 0. The number of hydrogen-bond donors (Lipinski definition) is 2. The van der Waals surface area contributed by atoms with E-state index in [4.69, 9.17) is 15.9 Å². The lowest BCUT2D eigenvalue weighted by Crippen LogP contribution is -2.48. The average Bonchev–Trinajstić information content (AvgIpc) is 2.61. The summed E-state index contributed by atoms with van der Waals surface area (Å²) >= 11 is 0. The largest absolute Gasteiger partial charge is 0.481 e. The number of nitrogens with one attached hydrogen (secondary N) is 1. The molecule has 1 heterocycles. The van der Waals surface area contributed by atoms with E-state index in [1.807, 2.05) is 4.90 Å². The molecule has 2 aliphatic rings. The summed E-state index contributed by atoms with van der Waals surface area (Å²) in [5, 5.41) is 6.71. The molecule has 1 aliphatic heterocycles. The molecule has 3 N–H and O–H groups in total. The molecule has 2 rings (SSSR count). The molecule has 1 aliphatic carbocycles. The van der Waals surface area contributed by atoms with Crippen LogP contribution in [-0.4, -0.2) is 29.0 Å². The van der Waals surface area contributed by atoms with Gasteiger partial charge in [-0.05, 0) is 25.3 Å². The number of aliphatic imine (C=N–C) groups is 1. The van der Waals surface area contributed by atoms with Crippen molar-refractivity contribution in [2.24, 2.45) is 10.7 Å². The molecule has 1 atom stereocenters. The van der Waals surface area contributed by atoms with Crippen LogP contribution in [0.15, 0.2) is 47.3 Å². The molecule has 5 nitrogen and oxygen atoms in total. The third kappa shape index (κ3) is 2.08. The van der Waals surface area contributed by atoms with Gasteiger partial charge in [0.2, 0.25) is 0 Å². The SMILES string of the molecule is C[C@@]12C=CCC=C1N=C(N)N2CO/C=C\C=C=N. The lowest BCUT2D eigenvalue weighted by atomic mass is 9.92. The van der Waals surface area contributed by atoms with E-state index in [0.29, 0.717) is 12.7 Å². The lowest BCUT2D eigenvalue weighted by Gasteiger charge is -2.34. The predicted octanol–water partition coefficient (Wildman–Crippen LogP) is 1.51. The van der Waals surface area contributed by atoms with Crippen LogP contribution in [0.25, 0.3) is 0 Å². The lowest BCUT2D eigenvalue weighted by molar-refractivity contribution is 0.110. The highest BCUT2D eigenvalue weighted by Crippen LogP contribution is 2.35. The Labute approximate surface area is 106 Å². The standard InChI is InChI=1S/C13H16N4O/c1-13-7-3-2-6-11(13)16-12(15)17(13)10-18-9-5-4-8-14/h3-7,9,14H,2,10H2,1H3,(H2,15,16)/b9-5-/t13-/m1/s1. The maximum atomic E-state index is 6.71. The number of ether oxygens (including phenoxy) is 1. The number of allylic oxidation sites excluding steroid dienone is 4. The number of hydrogen-bond acceptors (Lipinski definition) is 5. The number of fused-ring (bicyclic) bond motifs is 1. The average molecular weight is 244 g/mol. The van der Waals surface area contributed by atoms with Gasteiger partial charge in [0.05, 0.1) is 12.0 Å². The van der Waals surface area contributed by atoms with E-state index in [1.54, 1.807) is 6.08 Å². The second kappa shape index (κ2) is 4.94. The first-order valence-corrected chi connectivity index (χ1v) is 5.71. The number of guanidine groups is 1. The van der Waals surface area contributed by atoms with Crippen molar-refractivity contribution in [1.29, 1.82) is 5.41 Å². The Balaban J connectivity index is 2.06. The van der Waals surface area contributed by atoms with Gasteiger partial charge >= 0.3 is 0 Å². The first-order valence-electron chi connectivity index (χ1n) is 5.71. The molecule has 18 heavy (non-hydrogen) atoms. The molecule has 0 saturated heterocycles. The maximum absolute atomic E-state index is 6.71. The van der Waals surface area contributed by atoms with Gasteiger partial charge < -0.3 is 10.5 Å². The molecule has 0 saturated carbocycles. The van der Waals surface area contributed by atoms with Crippen LogP contribution in [0.2, 0.25) is 0 Å². The molecule has 0 amide bonds. The molecule has 0 unspecified atom stereocenters. The minimum atomic E-state index is -0.312. The zero-order valence-electron chi connectivity index (χ0n) is 10.3. The third-order valence-corrected chi connectivity index (χ3v) is 3.04.